The second-order valence-electron chi connectivity index (χ2n) is 8.32. The molecule has 5 rings (SSSR count). The number of anilines is 1. The van der Waals surface area contributed by atoms with Crippen LogP contribution >= 0.6 is 0 Å². The van der Waals surface area contributed by atoms with Crippen LogP contribution in [0.5, 0.6) is 0 Å². The second kappa shape index (κ2) is 8.26. The predicted molar refractivity (Wildman–Crippen MR) is 117 cm³/mol. The molecule has 8 nitrogen and oxygen atoms in total. The second-order valence-corrected chi connectivity index (χ2v) is 8.32. The molecule has 4 heterocycles. The largest absolute Gasteiger partial charge is 0.453 e. The van der Waals surface area contributed by atoms with E-state index in [1.807, 2.05) is 12.3 Å². The molecule has 2 aliphatic heterocycles. The fourth-order valence-corrected chi connectivity index (χ4v) is 4.64. The summed E-state index contributed by atoms with van der Waals surface area (Å²) in [6, 6.07) is 4.33. The third-order valence-electron chi connectivity index (χ3n) is 6.34. The van der Waals surface area contributed by atoms with Gasteiger partial charge in [-0.1, -0.05) is 12.2 Å². The lowest BCUT2D eigenvalue weighted by Crippen LogP contribution is -2.44. The van der Waals surface area contributed by atoms with Crippen molar-refractivity contribution in [3.8, 4) is 11.4 Å². The molecule has 0 aromatic carbocycles. The molecule has 2 atom stereocenters. The Morgan fingerprint density at radius 1 is 1.29 bits per heavy atom. The molecule has 1 amide bonds. The average molecular weight is 422 g/mol. The summed E-state index contributed by atoms with van der Waals surface area (Å²) in [5.41, 5.74) is 4.14. The maximum atomic E-state index is 12.0. The van der Waals surface area contributed by atoms with Crippen molar-refractivity contribution in [1.29, 1.82) is 0 Å². The molecule has 3 aliphatic rings. The van der Waals surface area contributed by atoms with Gasteiger partial charge in [0.15, 0.2) is 5.82 Å². The van der Waals surface area contributed by atoms with E-state index in [1.165, 1.54) is 7.11 Å². The number of carbonyl (C=O) groups excluding carboxylic acids is 1. The zero-order valence-electron chi connectivity index (χ0n) is 18.0. The summed E-state index contributed by atoms with van der Waals surface area (Å²) in [6.07, 6.45) is 7.49. The van der Waals surface area contributed by atoms with E-state index in [0.29, 0.717) is 32.1 Å². The van der Waals surface area contributed by atoms with Crippen LogP contribution in [0.3, 0.4) is 0 Å². The van der Waals surface area contributed by atoms with Crippen LogP contribution in [0.15, 0.2) is 24.4 Å². The van der Waals surface area contributed by atoms with Crippen molar-refractivity contribution in [2.24, 2.45) is 0 Å². The van der Waals surface area contributed by atoms with Gasteiger partial charge in [-0.25, -0.2) is 14.8 Å². The number of ether oxygens (including phenoxy) is 2. The van der Waals surface area contributed by atoms with E-state index in [9.17, 15) is 4.79 Å². The van der Waals surface area contributed by atoms with Gasteiger partial charge in [0.05, 0.1) is 37.8 Å². The van der Waals surface area contributed by atoms with Crippen LogP contribution in [0.1, 0.15) is 36.2 Å². The Bertz CT molecular complexity index is 1020. The van der Waals surface area contributed by atoms with Crippen molar-refractivity contribution in [3.05, 3.63) is 41.4 Å². The number of morpholine rings is 1. The zero-order valence-corrected chi connectivity index (χ0v) is 18.0. The van der Waals surface area contributed by atoms with E-state index in [-0.39, 0.29) is 18.1 Å². The van der Waals surface area contributed by atoms with Crippen molar-refractivity contribution in [2.45, 2.75) is 31.7 Å². The lowest BCUT2D eigenvalue weighted by atomic mass is 10.0. The van der Waals surface area contributed by atoms with E-state index in [2.05, 4.69) is 35.0 Å². The highest BCUT2D eigenvalue weighted by molar-refractivity contribution is 5.75. The van der Waals surface area contributed by atoms with Crippen molar-refractivity contribution in [2.75, 3.05) is 44.9 Å². The first kappa shape index (κ1) is 19.9. The van der Waals surface area contributed by atoms with Crippen molar-refractivity contribution in [3.63, 3.8) is 0 Å². The van der Waals surface area contributed by atoms with E-state index < -0.39 is 0 Å². The Hall–Kier alpha value is -3.00. The Labute approximate surface area is 181 Å². The maximum Gasteiger partial charge on any atom is 0.409 e. The number of amides is 1. The Morgan fingerprint density at radius 2 is 2.19 bits per heavy atom. The minimum Gasteiger partial charge on any atom is -0.453 e. The molecule has 2 aromatic heterocycles. The van der Waals surface area contributed by atoms with Gasteiger partial charge in [-0.3, -0.25) is 4.98 Å². The smallest absolute Gasteiger partial charge is 0.409 e. The Kier molecular flexibility index (Phi) is 5.31. The third kappa shape index (κ3) is 3.76. The van der Waals surface area contributed by atoms with Gasteiger partial charge in [0.2, 0.25) is 0 Å². The molecule has 2 saturated heterocycles. The van der Waals surface area contributed by atoms with E-state index in [1.54, 1.807) is 4.90 Å². The molecule has 162 valence electrons. The van der Waals surface area contributed by atoms with E-state index in [0.717, 1.165) is 47.7 Å². The Morgan fingerprint density at radius 3 is 3.03 bits per heavy atom. The summed E-state index contributed by atoms with van der Waals surface area (Å²) in [6.45, 7) is 5.60. The molecular formula is C23H27N5O3. The summed E-state index contributed by atoms with van der Waals surface area (Å²) in [7, 11) is 1.42. The van der Waals surface area contributed by atoms with Crippen LogP contribution < -0.4 is 4.90 Å². The third-order valence-corrected chi connectivity index (χ3v) is 6.34. The maximum absolute atomic E-state index is 12.0. The van der Waals surface area contributed by atoms with Gasteiger partial charge in [0.1, 0.15) is 5.82 Å². The highest BCUT2D eigenvalue weighted by Crippen LogP contribution is 2.33. The molecule has 2 fully saturated rings. The number of fused-ring (bicyclic) bond motifs is 1. The number of likely N-dealkylation sites (tertiary alicyclic amines) is 1. The van der Waals surface area contributed by atoms with Gasteiger partial charge < -0.3 is 19.3 Å². The molecule has 0 N–H and O–H groups in total. The molecule has 0 bridgehead atoms. The summed E-state index contributed by atoms with van der Waals surface area (Å²) in [4.78, 5) is 30.5. The van der Waals surface area contributed by atoms with Crippen LogP contribution in [-0.2, 0) is 15.9 Å². The van der Waals surface area contributed by atoms with Gasteiger partial charge in [-0.2, -0.15) is 0 Å². The SMILES string of the molecule is COC(=O)N1CC[C@@H](c2cc(N3CCOC[C@H]3C)nc(-c3ccnc4c3C=CC4)n2)C1. The molecular weight excluding hydrogens is 394 g/mol. The van der Waals surface area contributed by atoms with Crippen LogP contribution in [0.25, 0.3) is 17.5 Å². The van der Waals surface area contributed by atoms with Crippen LogP contribution in [-0.4, -0.2) is 71.9 Å². The van der Waals surface area contributed by atoms with Crippen molar-refractivity contribution >= 4 is 18.0 Å². The first-order valence-corrected chi connectivity index (χ1v) is 10.8. The summed E-state index contributed by atoms with van der Waals surface area (Å²) >= 11 is 0. The molecule has 0 unspecified atom stereocenters. The van der Waals surface area contributed by atoms with Gasteiger partial charge in [-0.15, -0.1) is 0 Å². The van der Waals surface area contributed by atoms with E-state index in [4.69, 9.17) is 19.4 Å². The summed E-state index contributed by atoms with van der Waals surface area (Å²) in [5, 5.41) is 0. The first-order chi connectivity index (χ1) is 15.1. The molecule has 8 heteroatoms. The molecule has 0 radical (unpaired) electrons. The monoisotopic (exact) mass is 421 g/mol. The summed E-state index contributed by atoms with van der Waals surface area (Å²) < 4.78 is 10.5. The van der Waals surface area contributed by atoms with Gasteiger partial charge in [0.25, 0.3) is 0 Å². The quantitative estimate of drug-likeness (QED) is 0.754. The number of aromatic nitrogens is 3. The first-order valence-electron chi connectivity index (χ1n) is 10.8. The minimum atomic E-state index is -0.282. The van der Waals surface area contributed by atoms with Gasteiger partial charge >= 0.3 is 6.09 Å². The zero-order chi connectivity index (χ0) is 21.4. The number of pyridine rings is 1. The molecule has 1 aliphatic carbocycles. The fraction of sp³-hybridized carbons (Fsp3) is 0.478. The van der Waals surface area contributed by atoms with Crippen LogP contribution in [0.4, 0.5) is 10.6 Å². The highest BCUT2D eigenvalue weighted by Gasteiger charge is 2.31. The minimum absolute atomic E-state index is 0.154. The predicted octanol–water partition coefficient (Wildman–Crippen LogP) is 2.89. The highest BCUT2D eigenvalue weighted by atomic mass is 16.5. The van der Waals surface area contributed by atoms with Gasteiger partial charge in [0, 0.05) is 55.4 Å². The number of carbonyl (C=O) groups is 1. The summed E-state index contributed by atoms with van der Waals surface area (Å²) in [5.74, 6) is 1.79. The molecule has 0 saturated carbocycles. The normalized spacial score (nSPS) is 22.6. The standard InChI is InChI=1S/C23H27N5O3/c1-15-14-31-11-10-28(15)21-12-20(16-7-9-27(13-16)23(29)30-2)25-22(26-21)18-6-8-24-19-5-3-4-17(18)19/h3-4,6,8,12,15-16H,5,7,9-11,13-14H2,1-2H3/t15-,16-/m1/s1. The van der Waals surface area contributed by atoms with Crippen molar-refractivity contribution in [1.82, 2.24) is 19.9 Å². The molecule has 0 spiro atoms. The van der Waals surface area contributed by atoms with Crippen LogP contribution in [0.2, 0.25) is 0 Å². The lowest BCUT2D eigenvalue weighted by molar-refractivity contribution is 0.0985. The number of hydrogen-bond acceptors (Lipinski definition) is 7. The lowest BCUT2D eigenvalue weighted by Gasteiger charge is -2.34. The van der Waals surface area contributed by atoms with Crippen molar-refractivity contribution < 1.29 is 14.3 Å². The number of rotatable bonds is 3. The number of hydrogen-bond donors (Lipinski definition) is 0. The van der Waals surface area contributed by atoms with Crippen LogP contribution in [0, 0.1) is 0 Å². The van der Waals surface area contributed by atoms with E-state index >= 15 is 0 Å². The Balaban J connectivity index is 1.56. The average Bonchev–Trinajstić information content (AvgIpc) is 3.48. The molecule has 2 aromatic rings. The number of nitrogens with zero attached hydrogens (tertiary/aromatic N) is 5. The number of allylic oxidation sites excluding steroid dienone is 1. The van der Waals surface area contributed by atoms with Gasteiger partial charge in [-0.05, 0) is 19.4 Å². The fourth-order valence-electron chi connectivity index (χ4n) is 4.64. The number of methoxy groups -OCH3 is 1. The topological polar surface area (TPSA) is 80.7 Å². The molecule has 31 heavy (non-hydrogen) atoms.